The molecule has 1 heterocycles. The van der Waals surface area contributed by atoms with Crippen LogP contribution in [0.2, 0.25) is 0 Å². The molecule has 0 fully saturated rings. The average Bonchev–Trinajstić information content (AvgIpc) is 3.09. The molecule has 0 bridgehead atoms. The average molecular weight is 345 g/mol. The van der Waals surface area contributed by atoms with E-state index in [0.717, 1.165) is 27.5 Å². The van der Waals surface area contributed by atoms with Gasteiger partial charge in [0, 0.05) is 22.8 Å². The highest BCUT2D eigenvalue weighted by molar-refractivity contribution is 7.11. The fraction of sp³-hybridized carbons (Fsp3) is 0.143. The van der Waals surface area contributed by atoms with Crippen LogP contribution < -0.4 is 5.32 Å². The lowest BCUT2D eigenvalue weighted by Crippen LogP contribution is -1.93. The Morgan fingerprint density at radius 1 is 1.08 bits per heavy atom. The third-order valence-corrected chi connectivity index (χ3v) is 5.05. The number of hydrogen-bond donors (Lipinski definition) is 1. The normalized spacial score (nSPS) is 11.2. The van der Waals surface area contributed by atoms with Crippen LogP contribution in [0.4, 0.5) is 5.69 Å². The summed E-state index contributed by atoms with van der Waals surface area (Å²) in [4.78, 5) is 4.64. The quantitative estimate of drug-likeness (QED) is 0.616. The van der Waals surface area contributed by atoms with Crippen molar-refractivity contribution in [2.45, 2.75) is 20.8 Å². The maximum Gasteiger partial charge on any atom is 0.136 e. The van der Waals surface area contributed by atoms with Crippen molar-refractivity contribution in [2.75, 3.05) is 5.32 Å². The number of rotatable bonds is 4. The molecule has 4 heteroatoms. The van der Waals surface area contributed by atoms with Gasteiger partial charge < -0.3 is 5.32 Å². The van der Waals surface area contributed by atoms with Crippen molar-refractivity contribution in [2.24, 2.45) is 0 Å². The van der Waals surface area contributed by atoms with Gasteiger partial charge in [-0.1, -0.05) is 30.3 Å². The third kappa shape index (κ3) is 3.78. The van der Waals surface area contributed by atoms with Crippen LogP contribution in [-0.4, -0.2) is 4.98 Å². The van der Waals surface area contributed by atoms with Crippen LogP contribution in [0.1, 0.15) is 21.7 Å². The number of anilines is 1. The standard InChI is InChI=1S/C21H19N3S/c1-14-8-9-17(10-16(14)3)20-13-25-21(24-20)18(11-22)12-23-19-7-5-4-6-15(19)2/h4-10,12-13,23H,1-3H3/b18-12-. The highest BCUT2D eigenvalue weighted by Crippen LogP contribution is 2.27. The number of nitrogens with zero attached hydrogens (tertiary/aromatic N) is 2. The summed E-state index contributed by atoms with van der Waals surface area (Å²) in [5.41, 5.74) is 7.13. The summed E-state index contributed by atoms with van der Waals surface area (Å²) in [5.74, 6) is 0. The van der Waals surface area contributed by atoms with E-state index in [-0.39, 0.29) is 0 Å². The number of aromatic nitrogens is 1. The molecule has 0 aliphatic rings. The maximum atomic E-state index is 9.50. The van der Waals surface area contributed by atoms with E-state index in [0.29, 0.717) is 5.57 Å². The highest BCUT2D eigenvalue weighted by Gasteiger charge is 2.09. The van der Waals surface area contributed by atoms with Crippen LogP contribution in [0.15, 0.2) is 54.0 Å². The SMILES string of the molecule is Cc1ccc(-c2csc(/C(C#N)=C\Nc3ccccc3C)n2)cc1C. The molecule has 0 aliphatic heterocycles. The number of thiazole rings is 1. The Balaban J connectivity index is 1.86. The van der Waals surface area contributed by atoms with Crippen LogP contribution in [0.25, 0.3) is 16.8 Å². The topological polar surface area (TPSA) is 48.7 Å². The zero-order valence-electron chi connectivity index (χ0n) is 14.5. The van der Waals surface area contributed by atoms with Gasteiger partial charge in [-0.3, -0.25) is 0 Å². The Morgan fingerprint density at radius 2 is 1.88 bits per heavy atom. The van der Waals surface area contributed by atoms with Crippen LogP contribution in [0, 0.1) is 32.1 Å². The van der Waals surface area contributed by atoms with Gasteiger partial charge in [0.1, 0.15) is 16.6 Å². The molecule has 124 valence electrons. The van der Waals surface area contributed by atoms with Gasteiger partial charge in [-0.05, 0) is 49.6 Å². The van der Waals surface area contributed by atoms with E-state index >= 15 is 0 Å². The summed E-state index contributed by atoms with van der Waals surface area (Å²) < 4.78 is 0. The Kier molecular flexibility index (Phi) is 4.97. The van der Waals surface area contributed by atoms with Crippen LogP contribution in [0.3, 0.4) is 0 Å². The van der Waals surface area contributed by atoms with Crippen LogP contribution >= 0.6 is 11.3 Å². The zero-order valence-corrected chi connectivity index (χ0v) is 15.3. The summed E-state index contributed by atoms with van der Waals surface area (Å²) in [6.07, 6.45) is 1.73. The summed E-state index contributed by atoms with van der Waals surface area (Å²) in [7, 11) is 0. The van der Waals surface area contributed by atoms with E-state index in [4.69, 9.17) is 0 Å². The Morgan fingerprint density at radius 3 is 2.60 bits per heavy atom. The molecule has 0 spiro atoms. The summed E-state index contributed by atoms with van der Waals surface area (Å²) in [6.45, 7) is 6.22. The minimum atomic E-state index is 0.531. The Hall–Kier alpha value is -2.90. The van der Waals surface area contributed by atoms with Gasteiger partial charge in [-0.15, -0.1) is 11.3 Å². The second kappa shape index (κ2) is 7.33. The van der Waals surface area contributed by atoms with E-state index in [1.807, 2.05) is 36.6 Å². The van der Waals surface area contributed by atoms with Crippen molar-refractivity contribution in [1.82, 2.24) is 4.98 Å². The predicted molar refractivity (Wildman–Crippen MR) is 105 cm³/mol. The Bertz CT molecular complexity index is 977. The van der Waals surface area contributed by atoms with Crippen molar-refractivity contribution in [1.29, 1.82) is 5.26 Å². The molecule has 2 aromatic carbocycles. The fourth-order valence-electron chi connectivity index (χ4n) is 2.46. The first kappa shape index (κ1) is 16.9. The van der Waals surface area contributed by atoms with Crippen molar-refractivity contribution in [3.05, 3.63) is 75.7 Å². The van der Waals surface area contributed by atoms with Gasteiger partial charge in [0.25, 0.3) is 0 Å². The lowest BCUT2D eigenvalue weighted by atomic mass is 10.1. The minimum Gasteiger partial charge on any atom is -0.360 e. The lowest BCUT2D eigenvalue weighted by Gasteiger charge is -2.05. The first-order valence-corrected chi connectivity index (χ1v) is 8.92. The van der Waals surface area contributed by atoms with E-state index < -0.39 is 0 Å². The zero-order chi connectivity index (χ0) is 17.8. The molecule has 0 saturated carbocycles. The van der Waals surface area contributed by atoms with E-state index in [2.05, 4.69) is 48.4 Å². The van der Waals surface area contributed by atoms with Gasteiger partial charge in [0.2, 0.25) is 0 Å². The predicted octanol–water partition coefficient (Wildman–Crippen LogP) is 5.71. The second-order valence-electron chi connectivity index (χ2n) is 5.97. The summed E-state index contributed by atoms with van der Waals surface area (Å²) >= 11 is 1.48. The van der Waals surface area contributed by atoms with E-state index in [9.17, 15) is 5.26 Å². The molecule has 3 nitrogen and oxygen atoms in total. The molecule has 3 aromatic rings. The van der Waals surface area contributed by atoms with E-state index in [1.165, 1.54) is 22.5 Å². The molecule has 25 heavy (non-hydrogen) atoms. The van der Waals surface area contributed by atoms with Crippen molar-refractivity contribution >= 4 is 22.6 Å². The molecule has 0 atom stereocenters. The number of nitrogens with one attached hydrogen (secondary N) is 1. The molecule has 0 aliphatic carbocycles. The number of para-hydroxylation sites is 1. The lowest BCUT2D eigenvalue weighted by molar-refractivity contribution is 1.31. The molecular formula is C21H19N3S. The van der Waals surface area contributed by atoms with Gasteiger partial charge in [0.05, 0.1) is 5.69 Å². The highest BCUT2D eigenvalue weighted by atomic mass is 32.1. The van der Waals surface area contributed by atoms with Gasteiger partial charge in [-0.2, -0.15) is 5.26 Å². The molecule has 0 unspecified atom stereocenters. The van der Waals surface area contributed by atoms with Crippen molar-refractivity contribution in [3.8, 4) is 17.3 Å². The second-order valence-corrected chi connectivity index (χ2v) is 6.82. The smallest absolute Gasteiger partial charge is 0.136 e. The molecular weight excluding hydrogens is 326 g/mol. The van der Waals surface area contributed by atoms with Crippen molar-refractivity contribution in [3.63, 3.8) is 0 Å². The molecule has 0 radical (unpaired) electrons. The Labute approximate surface area is 152 Å². The number of nitriles is 1. The van der Waals surface area contributed by atoms with E-state index in [1.54, 1.807) is 6.20 Å². The molecule has 3 rings (SSSR count). The minimum absolute atomic E-state index is 0.531. The third-order valence-electron chi connectivity index (χ3n) is 4.17. The molecule has 1 N–H and O–H groups in total. The maximum absolute atomic E-state index is 9.50. The molecule has 0 saturated heterocycles. The number of aryl methyl sites for hydroxylation is 3. The largest absolute Gasteiger partial charge is 0.360 e. The van der Waals surface area contributed by atoms with Gasteiger partial charge in [-0.25, -0.2) is 4.98 Å². The summed E-state index contributed by atoms with van der Waals surface area (Å²) in [6, 6.07) is 16.5. The monoisotopic (exact) mass is 345 g/mol. The fourth-order valence-corrected chi connectivity index (χ4v) is 3.25. The number of allylic oxidation sites excluding steroid dienone is 1. The first-order valence-electron chi connectivity index (χ1n) is 8.04. The van der Waals surface area contributed by atoms with Gasteiger partial charge >= 0.3 is 0 Å². The number of hydrogen-bond acceptors (Lipinski definition) is 4. The van der Waals surface area contributed by atoms with Crippen LogP contribution in [0.5, 0.6) is 0 Å². The van der Waals surface area contributed by atoms with Crippen LogP contribution in [-0.2, 0) is 0 Å². The van der Waals surface area contributed by atoms with Crippen molar-refractivity contribution < 1.29 is 0 Å². The summed E-state index contributed by atoms with van der Waals surface area (Å²) in [5, 5.41) is 15.4. The number of benzene rings is 2. The van der Waals surface area contributed by atoms with Gasteiger partial charge in [0.15, 0.2) is 0 Å². The first-order chi connectivity index (χ1) is 12.1. The molecule has 1 aromatic heterocycles. The molecule has 0 amide bonds.